The first kappa shape index (κ1) is 17.9. The van der Waals surface area contributed by atoms with Crippen molar-refractivity contribution in [3.63, 3.8) is 0 Å². The Kier molecular flexibility index (Phi) is 3.99. The van der Waals surface area contributed by atoms with Crippen LogP contribution in [-0.4, -0.2) is 0 Å². The highest BCUT2D eigenvalue weighted by Crippen LogP contribution is 2.39. The molecule has 0 aliphatic heterocycles. The van der Waals surface area contributed by atoms with Crippen molar-refractivity contribution in [3.8, 4) is 11.3 Å². The van der Waals surface area contributed by atoms with Crippen LogP contribution in [-0.2, 0) is 7.05 Å². The second-order valence-corrected chi connectivity index (χ2v) is 8.42. The van der Waals surface area contributed by atoms with E-state index in [-0.39, 0.29) is 0 Å². The Hall–Kier alpha value is -3.13. The van der Waals surface area contributed by atoms with Crippen molar-refractivity contribution < 1.29 is 8.98 Å². The van der Waals surface area contributed by atoms with E-state index in [0.29, 0.717) is 5.92 Å². The summed E-state index contributed by atoms with van der Waals surface area (Å²) in [6.45, 7) is 8.84. The van der Waals surface area contributed by atoms with Crippen LogP contribution in [0.5, 0.6) is 0 Å². The van der Waals surface area contributed by atoms with E-state index in [2.05, 4.69) is 100.0 Å². The van der Waals surface area contributed by atoms with Gasteiger partial charge in [0.1, 0.15) is 18.2 Å². The lowest BCUT2D eigenvalue weighted by Gasteiger charge is -2.10. The number of furan rings is 1. The van der Waals surface area contributed by atoms with E-state index >= 15 is 0 Å². The average Bonchev–Trinajstić information content (AvgIpc) is 3.07. The second kappa shape index (κ2) is 6.45. The lowest BCUT2D eigenvalue weighted by atomic mass is 9.95. The Morgan fingerprint density at radius 1 is 0.862 bits per heavy atom. The first-order valence-electron chi connectivity index (χ1n) is 10.3. The molecule has 0 aliphatic rings. The predicted molar refractivity (Wildman–Crippen MR) is 121 cm³/mol. The molecule has 0 atom stereocenters. The molecule has 0 aliphatic carbocycles. The summed E-state index contributed by atoms with van der Waals surface area (Å²) in [7, 11) is 2.14. The number of benzene rings is 3. The van der Waals surface area contributed by atoms with Crippen molar-refractivity contribution in [2.24, 2.45) is 7.05 Å². The van der Waals surface area contributed by atoms with Crippen molar-refractivity contribution in [1.29, 1.82) is 0 Å². The number of fused-ring (bicyclic) bond motifs is 4. The molecular weight excluding hydrogens is 354 g/mol. The molecule has 2 heteroatoms. The molecule has 0 N–H and O–H groups in total. The fraction of sp³-hybridized carbons (Fsp3) is 0.222. The molecule has 0 saturated heterocycles. The maximum absolute atomic E-state index is 6.52. The zero-order valence-corrected chi connectivity index (χ0v) is 17.7. The van der Waals surface area contributed by atoms with E-state index in [1.807, 2.05) is 0 Å². The molecule has 2 aromatic heterocycles. The fourth-order valence-electron chi connectivity index (χ4n) is 4.42. The van der Waals surface area contributed by atoms with Gasteiger partial charge in [-0.2, -0.15) is 4.57 Å². The van der Waals surface area contributed by atoms with Crippen molar-refractivity contribution in [2.75, 3.05) is 0 Å². The molecule has 0 bridgehead atoms. The van der Waals surface area contributed by atoms with Gasteiger partial charge in [-0.25, -0.2) is 0 Å². The Labute approximate surface area is 171 Å². The Bertz CT molecular complexity index is 1410. The summed E-state index contributed by atoms with van der Waals surface area (Å²) in [4.78, 5) is 0. The minimum atomic E-state index is 0.480. The molecule has 2 nitrogen and oxygen atoms in total. The van der Waals surface area contributed by atoms with Gasteiger partial charge in [0.2, 0.25) is 11.2 Å². The van der Waals surface area contributed by atoms with E-state index in [9.17, 15) is 0 Å². The third kappa shape index (κ3) is 2.66. The minimum Gasteiger partial charge on any atom is -0.455 e. The van der Waals surface area contributed by atoms with Gasteiger partial charge < -0.3 is 4.42 Å². The average molecular weight is 381 g/mol. The second-order valence-electron chi connectivity index (χ2n) is 8.42. The highest BCUT2D eigenvalue weighted by molar-refractivity contribution is 6.10. The number of aromatic nitrogens is 1. The molecule has 0 amide bonds. The first-order valence-corrected chi connectivity index (χ1v) is 10.3. The van der Waals surface area contributed by atoms with Crippen LogP contribution in [0, 0.1) is 13.8 Å². The molecule has 29 heavy (non-hydrogen) atoms. The third-order valence-electron chi connectivity index (χ3n) is 6.31. The molecular formula is C27H26NO+. The van der Waals surface area contributed by atoms with E-state index in [1.54, 1.807) is 0 Å². The van der Waals surface area contributed by atoms with Crippen LogP contribution >= 0.6 is 0 Å². The largest absolute Gasteiger partial charge is 0.455 e. The molecule has 0 spiro atoms. The molecule has 0 fully saturated rings. The minimum absolute atomic E-state index is 0.480. The number of hydrogen-bond acceptors (Lipinski definition) is 1. The van der Waals surface area contributed by atoms with E-state index in [1.165, 1.54) is 49.6 Å². The number of rotatable bonds is 2. The first-order chi connectivity index (χ1) is 14.0. The van der Waals surface area contributed by atoms with Crippen LogP contribution < -0.4 is 4.57 Å². The molecule has 5 aromatic rings. The van der Waals surface area contributed by atoms with Gasteiger partial charge in [0.25, 0.3) is 0 Å². The lowest BCUT2D eigenvalue weighted by Crippen LogP contribution is -2.32. The van der Waals surface area contributed by atoms with Crippen LogP contribution in [0.2, 0.25) is 0 Å². The standard InChI is InChI=1S/C27H26NO/c1-16(2)20-10-12-21-22-14-17(3)18(4)26(27(22)29-25(21)15-20)24-13-11-19-8-6-7-9-23(19)28(24)5/h6-16H,1-5H3/q+1. The summed E-state index contributed by atoms with van der Waals surface area (Å²) in [6, 6.07) is 21.9. The topological polar surface area (TPSA) is 17.0 Å². The van der Waals surface area contributed by atoms with Crippen molar-refractivity contribution in [2.45, 2.75) is 33.6 Å². The molecule has 2 heterocycles. The maximum atomic E-state index is 6.52. The van der Waals surface area contributed by atoms with Crippen molar-refractivity contribution in [1.82, 2.24) is 0 Å². The van der Waals surface area contributed by atoms with Gasteiger partial charge in [-0.05, 0) is 60.7 Å². The SMILES string of the molecule is Cc1cc2c(oc3cc(C(C)C)ccc32)c(-c2ccc3ccccc3[n+]2C)c1C. The molecule has 0 unspecified atom stereocenters. The maximum Gasteiger partial charge on any atom is 0.216 e. The van der Waals surface area contributed by atoms with Crippen LogP contribution in [0.4, 0.5) is 0 Å². The molecule has 0 saturated carbocycles. The third-order valence-corrected chi connectivity index (χ3v) is 6.31. The zero-order valence-electron chi connectivity index (χ0n) is 17.7. The molecule has 3 aromatic carbocycles. The summed E-state index contributed by atoms with van der Waals surface area (Å²) >= 11 is 0. The van der Waals surface area contributed by atoms with Crippen molar-refractivity contribution in [3.05, 3.63) is 77.4 Å². The summed E-state index contributed by atoms with van der Waals surface area (Å²) in [5, 5.41) is 3.63. The van der Waals surface area contributed by atoms with Crippen LogP contribution in [0.3, 0.4) is 0 Å². The number of para-hydroxylation sites is 1. The van der Waals surface area contributed by atoms with Gasteiger partial charge >= 0.3 is 0 Å². The Morgan fingerprint density at radius 2 is 1.66 bits per heavy atom. The molecule has 0 radical (unpaired) electrons. The summed E-state index contributed by atoms with van der Waals surface area (Å²) < 4.78 is 8.80. The van der Waals surface area contributed by atoms with Crippen LogP contribution in [0.25, 0.3) is 44.1 Å². The number of pyridine rings is 1. The summed E-state index contributed by atoms with van der Waals surface area (Å²) in [5.74, 6) is 0.480. The Balaban J connectivity index is 1.89. The van der Waals surface area contributed by atoms with Crippen LogP contribution in [0.1, 0.15) is 36.5 Å². The van der Waals surface area contributed by atoms with E-state index in [0.717, 1.165) is 11.2 Å². The van der Waals surface area contributed by atoms with Gasteiger partial charge in [-0.3, -0.25) is 0 Å². The fourth-order valence-corrected chi connectivity index (χ4v) is 4.42. The monoisotopic (exact) mass is 380 g/mol. The van der Waals surface area contributed by atoms with E-state index in [4.69, 9.17) is 4.42 Å². The van der Waals surface area contributed by atoms with Gasteiger partial charge in [0.05, 0.1) is 5.56 Å². The number of nitrogens with zero attached hydrogens (tertiary/aromatic N) is 1. The normalized spacial score (nSPS) is 11.9. The van der Waals surface area contributed by atoms with E-state index < -0.39 is 0 Å². The van der Waals surface area contributed by atoms with Crippen molar-refractivity contribution >= 4 is 32.8 Å². The Morgan fingerprint density at radius 3 is 2.45 bits per heavy atom. The van der Waals surface area contributed by atoms with Gasteiger partial charge in [0, 0.05) is 28.3 Å². The highest BCUT2D eigenvalue weighted by Gasteiger charge is 2.23. The van der Waals surface area contributed by atoms with Gasteiger partial charge in [-0.15, -0.1) is 0 Å². The van der Waals surface area contributed by atoms with Crippen LogP contribution in [0.15, 0.2) is 65.1 Å². The summed E-state index contributed by atoms with van der Waals surface area (Å²) in [6.07, 6.45) is 0. The van der Waals surface area contributed by atoms with Gasteiger partial charge in [0.15, 0.2) is 0 Å². The number of aryl methyl sites for hydroxylation is 2. The van der Waals surface area contributed by atoms with Gasteiger partial charge in [-0.1, -0.05) is 38.1 Å². The molecule has 5 rings (SSSR count). The zero-order chi connectivity index (χ0) is 20.3. The predicted octanol–water partition coefficient (Wildman–Crippen LogP) is 6.97. The molecule has 144 valence electrons. The summed E-state index contributed by atoms with van der Waals surface area (Å²) in [5.41, 5.74) is 9.41. The quantitative estimate of drug-likeness (QED) is 0.302. The smallest absolute Gasteiger partial charge is 0.216 e. The number of hydrogen-bond donors (Lipinski definition) is 0. The highest BCUT2D eigenvalue weighted by atomic mass is 16.3. The lowest BCUT2D eigenvalue weighted by molar-refractivity contribution is -0.633.